The molecular formula is C18H27N3O3. The van der Waals surface area contributed by atoms with Gasteiger partial charge in [0, 0.05) is 38.8 Å². The van der Waals surface area contributed by atoms with E-state index in [-0.39, 0.29) is 18.6 Å². The number of amides is 1. The molecule has 2 aliphatic rings. The Morgan fingerprint density at radius 3 is 2.58 bits per heavy atom. The second-order valence-corrected chi connectivity index (χ2v) is 6.78. The molecule has 2 aliphatic heterocycles. The average Bonchev–Trinajstić information content (AvgIpc) is 3.12. The molecule has 0 radical (unpaired) electrons. The SMILES string of the molecule is N[C@@H]1CCN(Cc2ccc(OCC(=O)N3CCCC3)cc2)C[C@H]1O. The number of aliphatic hydroxyl groups excluding tert-OH is 1. The summed E-state index contributed by atoms with van der Waals surface area (Å²) in [5.41, 5.74) is 7.00. The zero-order valence-electron chi connectivity index (χ0n) is 14.1. The van der Waals surface area contributed by atoms with Crippen molar-refractivity contribution in [2.24, 2.45) is 5.73 Å². The summed E-state index contributed by atoms with van der Waals surface area (Å²) in [7, 11) is 0. The van der Waals surface area contributed by atoms with Crippen molar-refractivity contribution >= 4 is 5.91 Å². The van der Waals surface area contributed by atoms with Gasteiger partial charge in [0.2, 0.25) is 0 Å². The number of carbonyl (C=O) groups excluding carboxylic acids is 1. The number of piperidine rings is 1. The molecule has 2 saturated heterocycles. The molecule has 0 spiro atoms. The van der Waals surface area contributed by atoms with Gasteiger partial charge in [-0.3, -0.25) is 9.69 Å². The number of aliphatic hydroxyl groups is 1. The van der Waals surface area contributed by atoms with Crippen LogP contribution in [0.4, 0.5) is 0 Å². The summed E-state index contributed by atoms with van der Waals surface area (Å²) < 4.78 is 5.59. The minimum absolute atomic E-state index is 0.0650. The number of rotatable bonds is 5. The summed E-state index contributed by atoms with van der Waals surface area (Å²) in [5, 5.41) is 9.86. The zero-order chi connectivity index (χ0) is 16.9. The Labute approximate surface area is 143 Å². The van der Waals surface area contributed by atoms with Crippen molar-refractivity contribution in [1.29, 1.82) is 0 Å². The third-order valence-corrected chi connectivity index (χ3v) is 4.87. The first-order chi connectivity index (χ1) is 11.6. The molecule has 0 aliphatic carbocycles. The number of nitrogens with two attached hydrogens (primary N) is 1. The van der Waals surface area contributed by atoms with Crippen molar-refractivity contribution in [2.45, 2.75) is 38.0 Å². The predicted molar refractivity (Wildman–Crippen MR) is 91.6 cm³/mol. The van der Waals surface area contributed by atoms with E-state index < -0.39 is 6.10 Å². The maximum absolute atomic E-state index is 12.0. The number of hydrogen-bond donors (Lipinski definition) is 2. The highest BCUT2D eigenvalue weighted by Crippen LogP contribution is 2.17. The van der Waals surface area contributed by atoms with Gasteiger partial charge in [-0.2, -0.15) is 0 Å². The molecule has 1 aromatic carbocycles. The zero-order valence-corrected chi connectivity index (χ0v) is 14.1. The Bertz CT molecular complexity index is 543. The van der Waals surface area contributed by atoms with Crippen molar-refractivity contribution < 1.29 is 14.6 Å². The summed E-state index contributed by atoms with van der Waals surface area (Å²) in [6.07, 6.45) is 2.56. The molecule has 1 amide bonds. The van der Waals surface area contributed by atoms with E-state index in [1.165, 1.54) is 0 Å². The topological polar surface area (TPSA) is 79.0 Å². The van der Waals surface area contributed by atoms with Gasteiger partial charge in [0.15, 0.2) is 6.61 Å². The summed E-state index contributed by atoms with van der Waals surface area (Å²) in [4.78, 5) is 16.0. The largest absolute Gasteiger partial charge is 0.484 e. The number of likely N-dealkylation sites (tertiary alicyclic amines) is 2. The van der Waals surface area contributed by atoms with Gasteiger partial charge in [0.25, 0.3) is 5.91 Å². The van der Waals surface area contributed by atoms with Gasteiger partial charge < -0.3 is 20.5 Å². The van der Waals surface area contributed by atoms with Gasteiger partial charge in [-0.15, -0.1) is 0 Å². The number of benzene rings is 1. The van der Waals surface area contributed by atoms with Crippen LogP contribution in [-0.4, -0.2) is 65.7 Å². The first-order valence-corrected chi connectivity index (χ1v) is 8.77. The molecule has 132 valence electrons. The molecule has 6 nitrogen and oxygen atoms in total. The molecule has 2 fully saturated rings. The van der Waals surface area contributed by atoms with Gasteiger partial charge in [-0.25, -0.2) is 0 Å². The molecule has 2 atom stereocenters. The highest BCUT2D eigenvalue weighted by molar-refractivity contribution is 5.78. The fraction of sp³-hybridized carbons (Fsp3) is 0.611. The molecular weight excluding hydrogens is 306 g/mol. The van der Waals surface area contributed by atoms with Crippen molar-refractivity contribution in [3.8, 4) is 5.75 Å². The molecule has 0 aromatic heterocycles. The van der Waals surface area contributed by atoms with Gasteiger partial charge in [-0.05, 0) is 37.0 Å². The van der Waals surface area contributed by atoms with Crippen LogP contribution in [-0.2, 0) is 11.3 Å². The number of β-amino-alcohol motifs (C(OH)–C–C–N with tert-alkyl or cyclic N) is 1. The smallest absolute Gasteiger partial charge is 0.260 e. The highest BCUT2D eigenvalue weighted by Gasteiger charge is 2.24. The van der Waals surface area contributed by atoms with Crippen LogP contribution >= 0.6 is 0 Å². The van der Waals surface area contributed by atoms with E-state index in [1.807, 2.05) is 29.2 Å². The molecule has 0 saturated carbocycles. The summed E-state index contributed by atoms with van der Waals surface area (Å²) in [6, 6.07) is 7.72. The minimum Gasteiger partial charge on any atom is -0.484 e. The van der Waals surface area contributed by atoms with Crippen LogP contribution in [0.1, 0.15) is 24.8 Å². The number of carbonyl (C=O) groups is 1. The first kappa shape index (κ1) is 17.2. The summed E-state index contributed by atoms with van der Waals surface area (Å²) in [6.45, 7) is 4.12. The van der Waals surface area contributed by atoms with E-state index in [4.69, 9.17) is 10.5 Å². The molecule has 3 rings (SSSR count). The molecule has 1 aromatic rings. The Hall–Kier alpha value is -1.63. The third-order valence-electron chi connectivity index (χ3n) is 4.87. The first-order valence-electron chi connectivity index (χ1n) is 8.77. The molecule has 6 heteroatoms. The number of hydrogen-bond acceptors (Lipinski definition) is 5. The van der Waals surface area contributed by atoms with Crippen LogP contribution in [0, 0.1) is 0 Å². The second kappa shape index (κ2) is 7.96. The minimum atomic E-state index is -0.446. The van der Waals surface area contributed by atoms with E-state index >= 15 is 0 Å². The quantitative estimate of drug-likeness (QED) is 0.824. The van der Waals surface area contributed by atoms with Crippen molar-refractivity contribution in [2.75, 3.05) is 32.8 Å². The highest BCUT2D eigenvalue weighted by atomic mass is 16.5. The van der Waals surface area contributed by atoms with Crippen molar-refractivity contribution in [3.05, 3.63) is 29.8 Å². The van der Waals surface area contributed by atoms with Crippen LogP contribution < -0.4 is 10.5 Å². The second-order valence-electron chi connectivity index (χ2n) is 6.78. The van der Waals surface area contributed by atoms with Gasteiger partial charge in [0.1, 0.15) is 5.75 Å². The number of ether oxygens (including phenoxy) is 1. The van der Waals surface area contributed by atoms with E-state index in [2.05, 4.69) is 4.90 Å². The monoisotopic (exact) mass is 333 g/mol. The maximum Gasteiger partial charge on any atom is 0.260 e. The predicted octanol–water partition coefficient (Wildman–Crippen LogP) is 0.582. The standard InChI is InChI=1S/C18H27N3O3/c19-16-7-10-20(12-17(16)22)11-14-3-5-15(6-4-14)24-13-18(23)21-8-1-2-9-21/h3-6,16-17,22H,1-2,7-13,19H2/t16-,17-/m1/s1. The lowest BCUT2D eigenvalue weighted by Crippen LogP contribution is -2.50. The lowest BCUT2D eigenvalue weighted by Gasteiger charge is -2.34. The van der Waals surface area contributed by atoms with Crippen LogP contribution in [0.15, 0.2) is 24.3 Å². The fourth-order valence-electron chi connectivity index (χ4n) is 3.31. The summed E-state index contributed by atoms with van der Waals surface area (Å²) >= 11 is 0. The van der Waals surface area contributed by atoms with E-state index in [1.54, 1.807) is 0 Å². The molecule has 2 heterocycles. The lowest BCUT2D eigenvalue weighted by molar-refractivity contribution is -0.132. The van der Waals surface area contributed by atoms with Crippen LogP contribution in [0.5, 0.6) is 5.75 Å². The maximum atomic E-state index is 12.0. The van der Waals surface area contributed by atoms with Crippen LogP contribution in [0.25, 0.3) is 0 Å². The van der Waals surface area contributed by atoms with Gasteiger partial charge >= 0.3 is 0 Å². The average molecular weight is 333 g/mol. The lowest BCUT2D eigenvalue weighted by atomic mass is 10.0. The van der Waals surface area contributed by atoms with Crippen LogP contribution in [0.3, 0.4) is 0 Å². The molecule has 3 N–H and O–H groups in total. The third kappa shape index (κ3) is 4.47. The Morgan fingerprint density at radius 2 is 1.92 bits per heavy atom. The van der Waals surface area contributed by atoms with Crippen molar-refractivity contribution in [3.63, 3.8) is 0 Å². The Kier molecular flexibility index (Phi) is 5.71. The van der Waals surface area contributed by atoms with E-state index in [0.29, 0.717) is 12.3 Å². The van der Waals surface area contributed by atoms with Gasteiger partial charge in [0.05, 0.1) is 6.10 Å². The molecule has 0 unspecified atom stereocenters. The number of nitrogens with zero attached hydrogens (tertiary/aromatic N) is 2. The van der Waals surface area contributed by atoms with E-state index in [0.717, 1.165) is 51.0 Å². The normalized spacial score (nSPS) is 25.0. The van der Waals surface area contributed by atoms with Crippen molar-refractivity contribution in [1.82, 2.24) is 9.80 Å². The Balaban J connectivity index is 1.45. The molecule has 24 heavy (non-hydrogen) atoms. The summed E-state index contributed by atoms with van der Waals surface area (Å²) in [5.74, 6) is 0.780. The van der Waals surface area contributed by atoms with Gasteiger partial charge in [-0.1, -0.05) is 12.1 Å². The Morgan fingerprint density at radius 1 is 1.21 bits per heavy atom. The van der Waals surface area contributed by atoms with Crippen LogP contribution in [0.2, 0.25) is 0 Å². The molecule has 0 bridgehead atoms. The van der Waals surface area contributed by atoms with E-state index in [9.17, 15) is 9.90 Å². The fourth-order valence-corrected chi connectivity index (χ4v) is 3.31.